The lowest BCUT2D eigenvalue weighted by atomic mass is 10.1. The van der Waals surface area contributed by atoms with Gasteiger partial charge in [0.2, 0.25) is 0 Å². The minimum atomic E-state index is -0.429. The predicted molar refractivity (Wildman–Crippen MR) is 124 cm³/mol. The third kappa shape index (κ3) is 6.65. The van der Waals surface area contributed by atoms with Crippen molar-refractivity contribution in [2.75, 3.05) is 0 Å². The van der Waals surface area contributed by atoms with E-state index in [4.69, 9.17) is 34.8 Å². The molecule has 3 aromatic rings. The van der Waals surface area contributed by atoms with E-state index in [-0.39, 0.29) is 0 Å². The van der Waals surface area contributed by atoms with Crippen LogP contribution in [0.3, 0.4) is 0 Å². The summed E-state index contributed by atoms with van der Waals surface area (Å²) in [4.78, 5) is 24.5. The summed E-state index contributed by atoms with van der Waals surface area (Å²) >= 11 is 17.6. The Balaban J connectivity index is 1.76. The quantitative estimate of drug-likeness (QED) is 0.381. The number of hydrogen-bond donors (Lipinski definition) is 2. The molecule has 31 heavy (non-hydrogen) atoms. The van der Waals surface area contributed by atoms with E-state index in [0.29, 0.717) is 37.5 Å². The normalized spacial score (nSPS) is 11.4. The highest BCUT2D eigenvalue weighted by molar-refractivity contribution is 6.38. The average molecular weight is 474 g/mol. The number of carbonyl (C=O) groups excluding carboxylic acids is 2. The van der Waals surface area contributed by atoms with Gasteiger partial charge in [-0.15, -0.1) is 0 Å². The highest BCUT2D eigenvalue weighted by Gasteiger charge is 2.08. The van der Waals surface area contributed by atoms with Crippen molar-refractivity contribution >= 4 is 58.5 Å². The lowest BCUT2D eigenvalue weighted by Gasteiger charge is -2.05. The number of rotatable bonds is 6. The van der Waals surface area contributed by atoms with Crippen LogP contribution in [0.1, 0.15) is 26.3 Å². The molecule has 0 aliphatic rings. The Bertz CT molecular complexity index is 1130. The zero-order chi connectivity index (χ0) is 22.2. The van der Waals surface area contributed by atoms with E-state index in [1.165, 1.54) is 6.21 Å². The van der Waals surface area contributed by atoms with E-state index >= 15 is 0 Å². The summed E-state index contributed by atoms with van der Waals surface area (Å²) in [6.45, 7) is 0. The number of hydrazone groups is 2. The van der Waals surface area contributed by atoms with Crippen LogP contribution in [0.25, 0.3) is 0 Å². The third-order valence-electron chi connectivity index (χ3n) is 3.98. The van der Waals surface area contributed by atoms with Gasteiger partial charge in [0.1, 0.15) is 5.71 Å². The summed E-state index contributed by atoms with van der Waals surface area (Å²) in [5, 5.41) is 9.65. The molecule has 3 rings (SSSR count). The topological polar surface area (TPSA) is 82.9 Å². The van der Waals surface area contributed by atoms with Gasteiger partial charge in [-0.3, -0.25) is 9.59 Å². The zero-order valence-electron chi connectivity index (χ0n) is 15.9. The lowest BCUT2D eigenvalue weighted by molar-refractivity contribution is 0.0946. The van der Waals surface area contributed by atoms with Crippen LogP contribution in [0.2, 0.25) is 15.1 Å². The first kappa shape index (κ1) is 22.5. The van der Waals surface area contributed by atoms with Crippen molar-refractivity contribution in [3.8, 4) is 0 Å². The van der Waals surface area contributed by atoms with Gasteiger partial charge < -0.3 is 0 Å². The van der Waals surface area contributed by atoms with Crippen LogP contribution in [0.4, 0.5) is 0 Å². The first-order valence-corrected chi connectivity index (χ1v) is 10.0. The molecular weight excluding hydrogens is 459 g/mol. The summed E-state index contributed by atoms with van der Waals surface area (Å²) in [5.41, 5.74) is 6.58. The molecule has 0 spiro atoms. The molecule has 0 aliphatic heterocycles. The molecule has 156 valence electrons. The maximum atomic E-state index is 12.3. The van der Waals surface area contributed by atoms with Crippen molar-refractivity contribution in [2.45, 2.75) is 0 Å². The standard InChI is InChI=1S/C22H15Cl3N4O2/c23-17-7-1-14(2-8-17)20(27-29-22(31)16-5-11-19(25)12-6-16)13-26-28-21(30)15-3-9-18(24)10-4-15/h1-13H,(H,28,30)(H,29,31)/b26-13+,27-20-. The van der Waals surface area contributed by atoms with Crippen LogP contribution >= 0.6 is 34.8 Å². The second kappa shape index (κ2) is 10.7. The minimum Gasteiger partial charge on any atom is -0.267 e. The van der Waals surface area contributed by atoms with E-state index in [0.717, 1.165) is 0 Å². The van der Waals surface area contributed by atoms with Crippen molar-refractivity contribution in [3.05, 3.63) is 105 Å². The van der Waals surface area contributed by atoms with Gasteiger partial charge in [0.15, 0.2) is 0 Å². The van der Waals surface area contributed by atoms with Gasteiger partial charge in [-0.1, -0.05) is 46.9 Å². The van der Waals surface area contributed by atoms with Gasteiger partial charge in [0, 0.05) is 31.8 Å². The fourth-order valence-electron chi connectivity index (χ4n) is 2.38. The first-order chi connectivity index (χ1) is 14.9. The second-order valence-corrected chi connectivity index (χ2v) is 7.47. The molecule has 0 atom stereocenters. The van der Waals surface area contributed by atoms with Gasteiger partial charge >= 0.3 is 0 Å². The molecular formula is C22H15Cl3N4O2. The van der Waals surface area contributed by atoms with E-state index in [1.54, 1.807) is 72.8 Å². The Labute approximate surface area is 193 Å². The molecule has 2 amide bonds. The van der Waals surface area contributed by atoms with E-state index in [9.17, 15) is 9.59 Å². The minimum absolute atomic E-state index is 0.301. The first-order valence-electron chi connectivity index (χ1n) is 8.91. The number of benzene rings is 3. The van der Waals surface area contributed by atoms with Gasteiger partial charge in [-0.2, -0.15) is 10.2 Å². The van der Waals surface area contributed by atoms with Crippen LogP contribution in [0.5, 0.6) is 0 Å². The molecule has 0 heterocycles. The van der Waals surface area contributed by atoms with Gasteiger partial charge in [-0.25, -0.2) is 10.9 Å². The highest BCUT2D eigenvalue weighted by atomic mass is 35.5. The summed E-state index contributed by atoms with van der Waals surface area (Å²) < 4.78 is 0. The molecule has 0 saturated carbocycles. The van der Waals surface area contributed by atoms with Crippen LogP contribution in [-0.2, 0) is 0 Å². The Hall–Kier alpha value is -3.19. The van der Waals surface area contributed by atoms with Crippen molar-refractivity contribution < 1.29 is 9.59 Å². The monoisotopic (exact) mass is 472 g/mol. The third-order valence-corrected chi connectivity index (χ3v) is 4.74. The molecule has 0 fully saturated rings. The molecule has 0 unspecified atom stereocenters. The van der Waals surface area contributed by atoms with Crippen molar-refractivity contribution in [3.63, 3.8) is 0 Å². The zero-order valence-corrected chi connectivity index (χ0v) is 18.1. The summed E-state index contributed by atoms with van der Waals surface area (Å²) in [6, 6.07) is 19.5. The van der Waals surface area contributed by atoms with E-state index in [1.807, 2.05) is 0 Å². The van der Waals surface area contributed by atoms with E-state index < -0.39 is 11.8 Å². The Kier molecular flexibility index (Phi) is 7.78. The fourth-order valence-corrected chi connectivity index (χ4v) is 2.76. The molecule has 2 N–H and O–H groups in total. The molecule has 0 bridgehead atoms. The predicted octanol–water partition coefficient (Wildman–Crippen LogP) is 5.20. The van der Waals surface area contributed by atoms with Crippen LogP contribution < -0.4 is 10.9 Å². The number of nitrogens with one attached hydrogen (secondary N) is 2. The molecule has 6 nitrogen and oxygen atoms in total. The lowest BCUT2D eigenvalue weighted by Crippen LogP contribution is -2.22. The van der Waals surface area contributed by atoms with Crippen LogP contribution in [0.15, 0.2) is 83.0 Å². The Morgan fingerprint density at radius 1 is 0.613 bits per heavy atom. The largest absolute Gasteiger partial charge is 0.271 e. The SMILES string of the molecule is O=C(N/N=C/C(=N/NC(=O)c1ccc(Cl)cc1)c1ccc(Cl)cc1)c1ccc(Cl)cc1. The number of halogens is 3. The van der Waals surface area contributed by atoms with Crippen molar-refractivity contribution in [1.82, 2.24) is 10.9 Å². The molecule has 0 radical (unpaired) electrons. The molecule has 0 saturated heterocycles. The van der Waals surface area contributed by atoms with Gasteiger partial charge in [0.25, 0.3) is 11.8 Å². The van der Waals surface area contributed by atoms with Crippen LogP contribution in [-0.4, -0.2) is 23.7 Å². The molecule has 3 aromatic carbocycles. The average Bonchev–Trinajstić information content (AvgIpc) is 2.77. The van der Waals surface area contributed by atoms with Crippen LogP contribution in [0, 0.1) is 0 Å². The number of nitrogens with zero attached hydrogens (tertiary/aromatic N) is 2. The maximum absolute atomic E-state index is 12.3. The molecule has 0 aromatic heterocycles. The summed E-state index contributed by atoms with van der Waals surface area (Å²) in [6.07, 6.45) is 1.32. The number of carbonyl (C=O) groups is 2. The summed E-state index contributed by atoms with van der Waals surface area (Å²) in [5.74, 6) is -0.852. The number of amides is 2. The highest BCUT2D eigenvalue weighted by Crippen LogP contribution is 2.12. The van der Waals surface area contributed by atoms with Crippen molar-refractivity contribution in [2.24, 2.45) is 10.2 Å². The second-order valence-electron chi connectivity index (χ2n) is 6.16. The molecule has 0 aliphatic carbocycles. The Morgan fingerprint density at radius 3 is 1.45 bits per heavy atom. The van der Waals surface area contributed by atoms with E-state index in [2.05, 4.69) is 21.1 Å². The van der Waals surface area contributed by atoms with Crippen molar-refractivity contribution in [1.29, 1.82) is 0 Å². The van der Waals surface area contributed by atoms with Gasteiger partial charge in [-0.05, 0) is 60.7 Å². The van der Waals surface area contributed by atoms with Gasteiger partial charge in [0.05, 0.1) is 6.21 Å². The fraction of sp³-hybridized carbons (Fsp3) is 0. The summed E-state index contributed by atoms with van der Waals surface area (Å²) in [7, 11) is 0. The Morgan fingerprint density at radius 2 is 1.00 bits per heavy atom. The smallest absolute Gasteiger partial charge is 0.267 e. The number of hydrogen-bond acceptors (Lipinski definition) is 4. The molecule has 9 heteroatoms. The maximum Gasteiger partial charge on any atom is 0.271 e.